The Kier molecular flexibility index (Phi) is 6.07. The lowest BCUT2D eigenvalue weighted by Crippen LogP contribution is -2.57. The molecule has 4 rings (SSSR count). The fourth-order valence-electron chi connectivity index (χ4n) is 4.75. The lowest BCUT2D eigenvalue weighted by atomic mass is 9.83. The third kappa shape index (κ3) is 4.35. The maximum absolute atomic E-state index is 12.9. The molecule has 0 bridgehead atoms. The summed E-state index contributed by atoms with van der Waals surface area (Å²) in [4.78, 5) is 29.6. The molecule has 2 saturated heterocycles. The molecule has 2 aromatic carbocycles. The fraction of sp³-hybridized carbons (Fsp3) is 0.440. The van der Waals surface area contributed by atoms with Gasteiger partial charge in [0.2, 0.25) is 5.91 Å². The van der Waals surface area contributed by atoms with Gasteiger partial charge in [0.25, 0.3) is 5.91 Å². The van der Waals surface area contributed by atoms with Gasteiger partial charge in [-0.3, -0.25) is 9.59 Å². The number of hydrogen-bond donors (Lipinski definition) is 0. The quantitative estimate of drug-likeness (QED) is 0.761. The van der Waals surface area contributed by atoms with Gasteiger partial charge in [-0.1, -0.05) is 29.8 Å². The molecule has 2 aliphatic rings. The Morgan fingerprint density at radius 1 is 1.07 bits per heavy atom. The van der Waals surface area contributed by atoms with Crippen LogP contribution in [0.5, 0.6) is 5.75 Å². The zero-order valence-electron chi connectivity index (χ0n) is 17.8. The van der Waals surface area contributed by atoms with Crippen molar-refractivity contribution < 1.29 is 14.3 Å². The van der Waals surface area contributed by atoms with Gasteiger partial charge in [-0.15, -0.1) is 0 Å². The number of carbonyl (C=O) groups is 2. The number of aryl methyl sites for hydroxylation is 1. The van der Waals surface area contributed by atoms with Gasteiger partial charge < -0.3 is 14.5 Å². The van der Waals surface area contributed by atoms with Crippen molar-refractivity contribution in [2.45, 2.75) is 38.6 Å². The molecular weight excluding hydrogens is 376 g/mol. The zero-order chi connectivity index (χ0) is 21.1. The van der Waals surface area contributed by atoms with Crippen LogP contribution in [0, 0.1) is 12.8 Å². The van der Waals surface area contributed by atoms with Gasteiger partial charge in [0, 0.05) is 37.7 Å². The molecule has 0 aliphatic carbocycles. The van der Waals surface area contributed by atoms with Crippen molar-refractivity contribution in [3.63, 3.8) is 0 Å². The molecule has 0 unspecified atom stereocenters. The molecule has 2 aromatic rings. The van der Waals surface area contributed by atoms with Crippen LogP contribution in [0.4, 0.5) is 0 Å². The van der Waals surface area contributed by atoms with Gasteiger partial charge in [0.1, 0.15) is 5.75 Å². The first-order valence-corrected chi connectivity index (χ1v) is 10.8. The van der Waals surface area contributed by atoms with Crippen LogP contribution in [-0.2, 0) is 11.2 Å². The summed E-state index contributed by atoms with van der Waals surface area (Å²) >= 11 is 0. The summed E-state index contributed by atoms with van der Waals surface area (Å²) < 4.78 is 5.22. The molecule has 5 heteroatoms. The van der Waals surface area contributed by atoms with Crippen LogP contribution in [0.3, 0.4) is 0 Å². The topological polar surface area (TPSA) is 49.9 Å². The molecule has 0 aromatic heterocycles. The van der Waals surface area contributed by atoms with E-state index >= 15 is 0 Å². The van der Waals surface area contributed by atoms with Gasteiger partial charge in [0.05, 0.1) is 7.11 Å². The summed E-state index contributed by atoms with van der Waals surface area (Å²) in [5, 5.41) is 0. The van der Waals surface area contributed by atoms with E-state index in [1.807, 2.05) is 48.2 Å². The Morgan fingerprint density at radius 2 is 1.80 bits per heavy atom. The molecule has 2 fully saturated rings. The van der Waals surface area contributed by atoms with Gasteiger partial charge in [-0.25, -0.2) is 0 Å². The van der Waals surface area contributed by atoms with Crippen molar-refractivity contribution in [2.24, 2.45) is 5.92 Å². The van der Waals surface area contributed by atoms with Crippen LogP contribution in [-0.4, -0.2) is 54.4 Å². The highest BCUT2D eigenvalue weighted by Crippen LogP contribution is 2.32. The molecular formula is C25H30N2O3. The fourth-order valence-corrected chi connectivity index (χ4v) is 4.75. The maximum atomic E-state index is 12.9. The predicted octanol–water partition coefficient (Wildman–Crippen LogP) is 3.70. The first kappa shape index (κ1) is 20.5. The molecule has 0 spiro atoms. The summed E-state index contributed by atoms with van der Waals surface area (Å²) in [6.07, 6.45) is 3.15. The number of rotatable bonds is 5. The summed E-state index contributed by atoms with van der Waals surface area (Å²) in [5.41, 5.74) is 3.11. The van der Waals surface area contributed by atoms with Crippen molar-refractivity contribution in [2.75, 3.05) is 26.7 Å². The van der Waals surface area contributed by atoms with Crippen LogP contribution in [0.2, 0.25) is 0 Å². The van der Waals surface area contributed by atoms with Gasteiger partial charge in [0.15, 0.2) is 0 Å². The maximum Gasteiger partial charge on any atom is 0.253 e. The second-order valence-electron chi connectivity index (χ2n) is 8.46. The lowest BCUT2D eigenvalue weighted by molar-refractivity contribution is -0.140. The van der Waals surface area contributed by atoms with E-state index in [0.29, 0.717) is 18.9 Å². The number of fused-ring (bicyclic) bond motifs is 1. The Morgan fingerprint density at radius 3 is 2.50 bits per heavy atom. The van der Waals surface area contributed by atoms with Crippen LogP contribution in [0.15, 0.2) is 48.5 Å². The lowest BCUT2D eigenvalue weighted by Gasteiger charge is -2.47. The molecule has 0 N–H and O–H groups in total. The first-order valence-electron chi connectivity index (χ1n) is 10.8. The third-order valence-corrected chi connectivity index (χ3v) is 6.53. The van der Waals surface area contributed by atoms with Crippen molar-refractivity contribution in [1.82, 2.24) is 9.80 Å². The highest BCUT2D eigenvalue weighted by molar-refractivity contribution is 5.94. The number of nitrogens with zero attached hydrogens (tertiary/aromatic N) is 2. The largest absolute Gasteiger partial charge is 0.497 e. The monoisotopic (exact) mass is 406 g/mol. The van der Waals surface area contributed by atoms with E-state index in [0.717, 1.165) is 49.2 Å². The first-order chi connectivity index (χ1) is 14.5. The standard InChI is InChI=1S/C25H30N2O3/c1-18-3-7-20(8-4-18)25(29)26-15-14-23-21(17-26)9-12-24(28)27(23)16-13-19-5-10-22(30-2)11-6-19/h3-8,10-11,21,23H,9,12-17H2,1-2H3/t21-,23+/m0/s1. The second kappa shape index (κ2) is 8.90. The van der Waals surface area contributed by atoms with Gasteiger partial charge in [-0.2, -0.15) is 0 Å². The molecule has 5 nitrogen and oxygen atoms in total. The Hall–Kier alpha value is -2.82. The highest BCUT2D eigenvalue weighted by Gasteiger charge is 2.40. The number of carbonyl (C=O) groups excluding carboxylic acids is 2. The molecule has 2 aliphatic heterocycles. The minimum Gasteiger partial charge on any atom is -0.497 e. The Balaban J connectivity index is 1.39. The summed E-state index contributed by atoms with van der Waals surface area (Å²) in [6, 6.07) is 16.1. The summed E-state index contributed by atoms with van der Waals surface area (Å²) in [7, 11) is 1.66. The van der Waals surface area contributed by atoms with Gasteiger partial charge >= 0.3 is 0 Å². The molecule has 0 radical (unpaired) electrons. The SMILES string of the molecule is COc1ccc(CCN2C(=O)CC[C@H]3CN(C(=O)c4ccc(C)cc4)CC[C@H]32)cc1. The van der Waals surface area contributed by atoms with E-state index in [9.17, 15) is 9.59 Å². The molecule has 2 amide bonds. The van der Waals surface area contributed by atoms with Crippen LogP contribution >= 0.6 is 0 Å². The molecule has 2 heterocycles. The minimum atomic E-state index is 0.107. The van der Waals surface area contributed by atoms with Crippen LogP contribution in [0.1, 0.15) is 40.7 Å². The Labute approximate surface area is 178 Å². The summed E-state index contributed by atoms with van der Waals surface area (Å²) in [5.74, 6) is 1.57. The van der Waals surface area contributed by atoms with Crippen molar-refractivity contribution in [3.8, 4) is 5.75 Å². The number of amides is 2. The van der Waals surface area contributed by atoms with E-state index < -0.39 is 0 Å². The number of piperidine rings is 2. The number of benzene rings is 2. The number of likely N-dealkylation sites (tertiary alicyclic amines) is 2. The highest BCUT2D eigenvalue weighted by atomic mass is 16.5. The van der Waals surface area contributed by atoms with Crippen LogP contribution in [0.25, 0.3) is 0 Å². The van der Waals surface area contributed by atoms with E-state index in [-0.39, 0.29) is 17.9 Å². The molecule has 158 valence electrons. The summed E-state index contributed by atoms with van der Waals surface area (Å²) in [6.45, 7) is 4.21. The molecule has 0 saturated carbocycles. The number of ether oxygens (including phenoxy) is 1. The van der Waals surface area contributed by atoms with Gasteiger partial charge in [-0.05, 0) is 61.9 Å². The second-order valence-corrected chi connectivity index (χ2v) is 8.46. The number of methoxy groups -OCH3 is 1. The van der Waals surface area contributed by atoms with Crippen LogP contribution < -0.4 is 4.74 Å². The normalized spacial score (nSPS) is 21.3. The minimum absolute atomic E-state index is 0.107. The van der Waals surface area contributed by atoms with Crippen molar-refractivity contribution in [1.29, 1.82) is 0 Å². The average molecular weight is 407 g/mol. The van der Waals surface area contributed by atoms with E-state index in [1.54, 1.807) is 7.11 Å². The predicted molar refractivity (Wildman–Crippen MR) is 117 cm³/mol. The molecule has 30 heavy (non-hydrogen) atoms. The third-order valence-electron chi connectivity index (χ3n) is 6.53. The van der Waals surface area contributed by atoms with Crippen molar-refractivity contribution >= 4 is 11.8 Å². The molecule has 2 atom stereocenters. The van der Waals surface area contributed by atoms with Crippen molar-refractivity contribution in [3.05, 3.63) is 65.2 Å². The van der Waals surface area contributed by atoms with E-state index in [4.69, 9.17) is 4.74 Å². The van der Waals surface area contributed by atoms with E-state index in [1.165, 1.54) is 5.56 Å². The zero-order valence-corrected chi connectivity index (χ0v) is 17.8. The Bertz CT molecular complexity index is 892. The number of hydrogen-bond acceptors (Lipinski definition) is 3. The average Bonchev–Trinajstić information content (AvgIpc) is 2.78. The van der Waals surface area contributed by atoms with E-state index in [2.05, 4.69) is 17.0 Å². The smallest absolute Gasteiger partial charge is 0.253 e.